The van der Waals surface area contributed by atoms with Crippen LogP contribution in [-0.4, -0.2) is 24.2 Å². The zero-order valence-electron chi connectivity index (χ0n) is 15.9. The highest BCUT2D eigenvalue weighted by atomic mass is 16.5. The summed E-state index contributed by atoms with van der Waals surface area (Å²) in [4.78, 5) is 11.5. The van der Waals surface area contributed by atoms with Gasteiger partial charge in [-0.3, -0.25) is 4.90 Å². The molecule has 5 heteroatoms. The molecule has 3 aromatic rings. The normalized spacial score (nSPS) is 13.2. The Kier molecular flexibility index (Phi) is 4.67. The van der Waals surface area contributed by atoms with Crippen LogP contribution in [0.2, 0.25) is 0 Å². The lowest BCUT2D eigenvalue weighted by molar-refractivity contribution is 0.396. The third-order valence-corrected chi connectivity index (χ3v) is 4.90. The van der Waals surface area contributed by atoms with Crippen LogP contribution in [0, 0.1) is 6.92 Å². The Hall–Kier alpha value is -3.08. The average molecular weight is 361 g/mol. The van der Waals surface area contributed by atoms with Crippen LogP contribution in [0.1, 0.15) is 23.1 Å². The van der Waals surface area contributed by atoms with Gasteiger partial charge in [0.05, 0.1) is 14.2 Å². The van der Waals surface area contributed by atoms with Crippen LogP contribution in [0.25, 0.3) is 0 Å². The van der Waals surface area contributed by atoms with Crippen LogP contribution < -0.4 is 14.4 Å². The summed E-state index contributed by atoms with van der Waals surface area (Å²) in [5.41, 5.74) is 4.28. The third-order valence-electron chi connectivity index (χ3n) is 4.90. The second-order valence-electron chi connectivity index (χ2n) is 6.68. The molecule has 0 saturated carbocycles. The molecule has 138 valence electrons. The van der Waals surface area contributed by atoms with Gasteiger partial charge in [-0.1, -0.05) is 12.1 Å². The van der Waals surface area contributed by atoms with Crippen molar-refractivity contribution in [3.05, 3.63) is 65.5 Å². The van der Waals surface area contributed by atoms with Gasteiger partial charge in [0.15, 0.2) is 0 Å². The highest BCUT2D eigenvalue weighted by Gasteiger charge is 2.28. The Labute approximate surface area is 159 Å². The van der Waals surface area contributed by atoms with Crippen LogP contribution in [0.5, 0.6) is 11.5 Å². The van der Waals surface area contributed by atoms with E-state index < -0.39 is 0 Å². The molecule has 0 fully saturated rings. The quantitative estimate of drug-likeness (QED) is 0.673. The zero-order valence-corrected chi connectivity index (χ0v) is 15.9. The molecule has 1 aliphatic rings. The number of rotatable bonds is 3. The topological polar surface area (TPSA) is 47.5 Å². The minimum Gasteiger partial charge on any atom is -0.494 e. The molecule has 0 N–H and O–H groups in total. The number of anilines is 3. The van der Waals surface area contributed by atoms with Gasteiger partial charge in [-0.2, -0.15) is 0 Å². The van der Waals surface area contributed by atoms with Crippen molar-refractivity contribution in [2.24, 2.45) is 0 Å². The number of nitrogens with zero attached hydrogens (tertiary/aromatic N) is 3. The van der Waals surface area contributed by atoms with E-state index in [-0.39, 0.29) is 0 Å². The van der Waals surface area contributed by atoms with Crippen LogP contribution >= 0.6 is 0 Å². The van der Waals surface area contributed by atoms with E-state index >= 15 is 0 Å². The lowest BCUT2D eigenvalue weighted by Crippen LogP contribution is -2.20. The Morgan fingerprint density at radius 1 is 0.852 bits per heavy atom. The summed E-state index contributed by atoms with van der Waals surface area (Å²) < 4.78 is 11.5. The summed E-state index contributed by atoms with van der Waals surface area (Å²) >= 11 is 0. The maximum atomic E-state index is 5.75. The molecule has 5 nitrogen and oxygen atoms in total. The van der Waals surface area contributed by atoms with Crippen molar-refractivity contribution in [3.63, 3.8) is 0 Å². The molecular weight excluding hydrogens is 338 g/mol. The van der Waals surface area contributed by atoms with E-state index in [1.165, 1.54) is 11.1 Å². The smallest absolute Gasteiger partial charge is 0.147 e. The van der Waals surface area contributed by atoms with Gasteiger partial charge in [0.25, 0.3) is 0 Å². The average Bonchev–Trinajstić information content (AvgIpc) is 2.69. The van der Waals surface area contributed by atoms with Crippen molar-refractivity contribution in [2.45, 2.75) is 26.2 Å². The summed E-state index contributed by atoms with van der Waals surface area (Å²) in [5.74, 6) is 3.22. The standard InChI is InChI=1S/C22H23N3O2/c1-15-13-18(26-2)20(19(14-15)27-3)25-21-16(9-5-11-23-21)7-4-8-17-10-6-12-24-22(17)25/h5-6,9-14H,4,7-8H2,1-3H3. The molecule has 1 aliphatic heterocycles. The number of hydrogen-bond donors (Lipinski definition) is 0. The molecule has 0 aliphatic carbocycles. The van der Waals surface area contributed by atoms with Gasteiger partial charge in [0, 0.05) is 12.4 Å². The third kappa shape index (κ3) is 3.10. The number of aryl methyl sites for hydroxylation is 3. The summed E-state index contributed by atoms with van der Waals surface area (Å²) in [6.45, 7) is 2.03. The summed E-state index contributed by atoms with van der Waals surface area (Å²) in [7, 11) is 3.36. The van der Waals surface area contributed by atoms with Gasteiger partial charge in [-0.15, -0.1) is 0 Å². The fourth-order valence-corrected chi connectivity index (χ4v) is 3.68. The van der Waals surface area contributed by atoms with Crippen LogP contribution in [-0.2, 0) is 12.8 Å². The van der Waals surface area contributed by atoms with E-state index in [2.05, 4.69) is 17.0 Å². The van der Waals surface area contributed by atoms with E-state index in [1.54, 1.807) is 14.2 Å². The van der Waals surface area contributed by atoms with E-state index in [0.717, 1.165) is 53.6 Å². The van der Waals surface area contributed by atoms with Gasteiger partial charge in [-0.05, 0) is 67.1 Å². The van der Waals surface area contributed by atoms with Crippen molar-refractivity contribution in [3.8, 4) is 11.5 Å². The first-order valence-electron chi connectivity index (χ1n) is 9.13. The first-order chi connectivity index (χ1) is 13.2. The van der Waals surface area contributed by atoms with Crippen molar-refractivity contribution >= 4 is 17.3 Å². The maximum absolute atomic E-state index is 5.75. The molecule has 0 saturated heterocycles. The Morgan fingerprint density at radius 2 is 1.37 bits per heavy atom. The van der Waals surface area contributed by atoms with Gasteiger partial charge < -0.3 is 9.47 Å². The van der Waals surface area contributed by atoms with E-state index in [9.17, 15) is 0 Å². The monoisotopic (exact) mass is 361 g/mol. The Morgan fingerprint density at radius 3 is 1.85 bits per heavy atom. The van der Waals surface area contributed by atoms with Gasteiger partial charge >= 0.3 is 0 Å². The Balaban J connectivity index is 2.06. The van der Waals surface area contributed by atoms with Gasteiger partial charge in [-0.25, -0.2) is 9.97 Å². The minimum absolute atomic E-state index is 0.737. The highest BCUT2D eigenvalue weighted by molar-refractivity contribution is 5.84. The van der Waals surface area contributed by atoms with Crippen LogP contribution in [0.15, 0.2) is 48.8 Å². The molecule has 0 spiro atoms. The second kappa shape index (κ2) is 7.27. The number of fused-ring (bicyclic) bond motifs is 2. The number of hydrogen-bond acceptors (Lipinski definition) is 5. The summed E-state index contributed by atoms with van der Waals surface area (Å²) in [6.07, 6.45) is 6.63. The molecule has 0 unspecified atom stereocenters. The van der Waals surface area contributed by atoms with Crippen LogP contribution in [0.4, 0.5) is 17.3 Å². The molecule has 3 heterocycles. The molecule has 0 amide bonds. The SMILES string of the molecule is COc1cc(C)cc(OC)c1N1c2ncccc2CCCc2cccnc21. The van der Waals surface area contributed by atoms with Crippen molar-refractivity contribution < 1.29 is 9.47 Å². The molecule has 0 bridgehead atoms. The maximum Gasteiger partial charge on any atom is 0.147 e. The van der Waals surface area contributed by atoms with E-state index in [4.69, 9.17) is 19.4 Å². The zero-order chi connectivity index (χ0) is 18.8. The number of ether oxygens (including phenoxy) is 2. The fourth-order valence-electron chi connectivity index (χ4n) is 3.68. The van der Waals surface area contributed by atoms with Gasteiger partial charge in [0.1, 0.15) is 28.8 Å². The summed E-state index contributed by atoms with van der Waals surface area (Å²) in [5, 5.41) is 0. The lowest BCUT2D eigenvalue weighted by Gasteiger charge is -2.31. The first-order valence-corrected chi connectivity index (χ1v) is 9.13. The Bertz CT molecular complexity index is 899. The lowest BCUT2D eigenvalue weighted by atomic mass is 10.0. The summed E-state index contributed by atoms with van der Waals surface area (Å²) in [6, 6.07) is 12.3. The molecule has 1 aromatic carbocycles. The first kappa shape index (κ1) is 17.3. The largest absolute Gasteiger partial charge is 0.494 e. The highest BCUT2D eigenvalue weighted by Crippen LogP contribution is 2.47. The number of benzene rings is 1. The number of pyridine rings is 2. The molecule has 0 atom stereocenters. The predicted molar refractivity (Wildman–Crippen MR) is 107 cm³/mol. The molecule has 0 radical (unpaired) electrons. The van der Waals surface area contributed by atoms with Gasteiger partial charge in [0.2, 0.25) is 0 Å². The van der Waals surface area contributed by atoms with E-state index in [0.29, 0.717) is 0 Å². The van der Waals surface area contributed by atoms with Crippen molar-refractivity contribution in [1.82, 2.24) is 9.97 Å². The molecule has 4 rings (SSSR count). The predicted octanol–water partition coefficient (Wildman–Crippen LogP) is 4.76. The second-order valence-corrected chi connectivity index (χ2v) is 6.68. The molecule has 2 aromatic heterocycles. The molecule has 27 heavy (non-hydrogen) atoms. The number of methoxy groups -OCH3 is 2. The van der Waals surface area contributed by atoms with Crippen molar-refractivity contribution in [2.75, 3.05) is 19.1 Å². The number of aromatic nitrogens is 2. The minimum atomic E-state index is 0.737. The van der Waals surface area contributed by atoms with Crippen LogP contribution in [0.3, 0.4) is 0 Å². The van der Waals surface area contributed by atoms with E-state index in [1.807, 2.05) is 43.6 Å². The fraction of sp³-hybridized carbons (Fsp3) is 0.273. The molecular formula is C22H23N3O2. The van der Waals surface area contributed by atoms with Crippen molar-refractivity contribution in [1.29, 1.82) is 0 Å².